The molecule has 4 aromatic rings. The molecule has 9 heteroatoms. The molecule has 1 saturated heterocycles. The highest BCUT2D eigenvalue weighted by atomic mass is 32.1. The molecule has 0 atom stereocenters. The summed E-state index contributed by atoms with van der Waals surface area (Å²) in [6, 6.07) is 11.2. The van der Waals surface area contributed by atoms with Crippen LogP contribution < -0.4 is 4.74 Å². The summed E-state index contributed by atoms with van der Waals surface area (Å²) in [6.45, 7) is 7.72. The number of thiazole rings is 1. The first-order valence-corrected chi connectivity index (χ1v) is 12.1. The normalized spacial score (nSPS) is 14.5. The largest absolute Gasteiger partial charge is 0.488 e. The van der Waals surface area contributed by atoms with E-state index in [2.05, 4.69) is 20.4 Å². The summed E-state index contributed by atoms with van der Waals surface area (Å²) in [6.07, 6.45) is 1.66. The standard InChI is InChI=1S/C25H26N4O4S/c1-17-21(18(2)33-27-17)15-32-22-7-4-3-6-20(22)25(30)29-11-9-28(10-12-29)14-19-16-34-24(26-19)23-8-5-13-31-23/h3-8,13,16H,9-12,14-15H2,1-2H3. The number of rotatable bonds is 7. The monoisotopic (exact) mass is 478 g/mol. The predicted molar refractivity (Wildman–Crippen MR) is 128 cm³/mol. The summed E-state index contributed by atoms with van der Waals surface area (Å²) in [7, 11) is 0. The summed E-state index contributed by atoms with van der Waals surface area (Å²) < 4.78 is 16.7. The number of piperazine rings is 1. The maximum atomic E-state index is 13.3. The van der Waals surface area contributed by atoms with Gasteiger partial charge in [-0.1, -0.05) is 17.3 Å². The number of hydrogen-bond donors (Lipinski definition) is 0. The second kappa shape index (κ2) is 9.82. The van der Waals surface area contributed by atoms with Crippen molar-refractivity contribution in [3.63, 3.8) is 0 Å². The number of para-hydroxylation sites is 1. The zero-order valence-electron chi connectivity index (χ0n) is 19.2. The highest BCUT2D eigenvalue weighted by Crippen LogP contribution is 2.26. The van der Waals surface area contributed by atoms with Crippen molar-refractivity contribution < 1.29 is 18.5 Å². The van der Waals surface area contributed by atoms with Crippen LogP contribution in [0.3, 0.4) is 0 Å². The zero-order valence-corrected chi connectivity index (χ0v) is 20.0. The molecule has 5 rings (SSSR count). The van der Waals surface area contributed by atoms with Gasteiger partial charge >= 0.3 is 0 Å². The van der Waals surface area contributed by atoms with E-state index in [4.69, 9.17) is 13.7 Å². The Morgan fingerprint density at radius 2 is 1.94 bits per heavy atom. The molecule has 1 aromatic carbocycles. The SMILES string of the molecule is Cc1noc(C)c1COc1ccccc1C(=O)N1CCN(Cc2csc(-c3ccco3)n2)CC1. The lowest BCUT2D eigenvalue weighted by atomic mass is 10.1. The Bertz CT molecular complexity index is 1240. The van der Waals surface area contributed by atoms with Gasteiger partial charge in [-0.15, -0.1) is 11.3 Å². The first kappa shape index (κ1) is 22.4. The fraction of sp³-hybridized carbons (Fsp3) is 0.320. The highest BCUT2D eigenvalue weighted by Gasteiger charge is 2.25. The molecule has 0 spiro atoms. The molecule has 0 bridgehead atoms. The molecule has 176 valence electrons. The predicted octanol–water partition coefficient (Wildman–Crippen LogP) is 4.54. The van der Waals surface area contributed by atoms with Crippen molar-refractivity contribution in [2.24, 2.45) is 0 Å². The van der Waals surface area contributed by atoms with Crippen LogP contribution in [-0.2, 0) is 13.2 Å². The first-order valence-electron chi connectivity index (χ1n) is 11.2. The molecular weight excluding hydrogens is 452 g/mol. The van der Waals surface area contributed by atoms with Gasteiger partial charge in [-0.05, 0) is 38.1 Å². The number of amides is 1. The number of hydrogen-bond acceptors (Lipinski definition) is 8. The van der Waals surface area contributed by atoms with Gasteiger partial charge < -0.3 is 18.6 Å². The lowest BCUT2D eigenvalue weighted by Gasteiger charge is -2.34. The fourth-order valence-electron chi connectivity index (χ4n) is 4.03. The third kappa shape index (κ3) is 4.76. The average molecular weight is 479 g/mol. The minimum atomic E-state index is -0.0113. The summed E-state index contributed by atoms with van der Waals surface area (Å²) in [5, 5.41) is 6.93. The molecule has 8 nitrogen and oxygen atoms in total. The number of benzene rings is 1. The van der Waals surface area contributed by atoms with E-state index in [0.717, 1.165) is 53.1 Å². The minimum Gasteiger partial charge on any atom is -0.488 e. The van der Waals surface area contributed by atoms with Crippen molar-refractivity contribution in [1.29, 1.82) is 0 Å². The van der Waals surface area contributed by atoms with Crippen LogP contribution in [0.5, 0.6) is 5.75 Å². The van der Waals surface area contributed by atoms with Crippen molar-refractivity contribution in [3.8, 4) is 16.5 Å². The van der Waals surface area contributed by atoms with Gasteiger partial charge in [0, 0.05) is 38.1 Å². The maximum absolute atomic E-state index is 13.3. The van der Waals surface area contributed by atoms with Crippen molar-refractivity contribution in [2.75, 3.05) is 26.2 Å². The molecular formula is C25H26N4O4S. The molecule has 4 heterocycles. The van der Waals surface area contributed by atoms with Gasteiger partial charge in [0.1, 0.15) is 18.1 Å². The third-order valence-corrected chi connectivity index (χ3v) is 6.91. The van der Waals surface area contributed by atoms with Gasteiger partial charge in [0.2, 0.25) is 0 Å². The van der Waals surface area contributed by atoms with Crippen LogP contribution in [-0.4, -0.2) is 52.0 Å². The average Bonchev–Trinajstić information content (AvgIpc) is 3.61. The number of nitrogens with zero attached hydrogens (tertiary/aromatic N) is 4. The fourth-order valence-corrected chi connectivity index (χ4v) is 4.81. The van der Waals surface area contributed by atoms with Crippen LogP contribution in [0.25, 0.3) is 10.8 Å². The van der Waals surface area contributed by atoms with E-state index in [1.165, 1.54) is 0 Å². The van der Waals surface area contributed by atoms with Gasteiger partial charge in [0.25, 0.3) is 5.91 Å². The van der Waals surface area contributed by atoms with Gasteiger partial charge in [-0.25, -0.2) is 4.98 Å². The van der Waals surface area contributed by atoms with Crippen molar-refractivity contribution in [2.45, 2.75) is 27.0 Å². The molecule has 3 aromatic heterocycles. The van der Waals surface area contributed by atoms with E-state index >= 15 is 0 Å². The molecule has 0 radical (unpaired) electrons. The Balaban J connectivity index is 1.18. The molecule has 1 aliphatic heterocycles. The molecule has 0 aliphatic carbocycles. The Hall–Kier alpha value is -3.43. The number of aryl methyl sites for hydroxylation is 2. The van der Waals surface area contributed by atoms with Crippen LogP contribution in [0, 0.1) is 13.8 Å². The molecule has 0 N–H and O–H groups in total. The molecule has 1 amide bonds. The zero-order chi connectivity index (χ0) is 23.5. The van der Waals surface area contributed by atoms with Crippen LogP contribution >= 0.6 is 11.3 Å². The van der Waals surface area contributed by atoms with Gasteiger partial charge in [-0.2, -0.15) is 0 Å². The van der Waals surface area contributed by atoms with Crippen molar-refractivity contribution in [3.05, 3.63) is 76.3 Å². The van der Waals surface area contributed by atoms with E-state index in [9.17, 15) is 4.79 Å². The van der Waals surface area contributed by atoms with E-state index in [1.807, 2.05) is 55.1 Å². The van der Waals surface area contributed by atoms with Crippen LogP contribution in [0.2, 0.25) is 0 Å². The highest BCUT2D eigenvalue weighted by molar-refractivity contribution is 7.13. The van der Waals surface area contributed by atoms with Gasteiger partial charge in [0.15, 0.2) is 10.8 Å². The lowest BCUT2D eigenvalue weighted by molar-refractivity contribution is 0.0622. The van der Waals surface area contributed by atoms with Gasteiger partial charge in [0.05, 0.1) is 28.8 Å². The Labute approximate surface area is 201 Å². The number of carbonyl (C=O) groups is 1. The number of carbonyl (C=O) groups excluding carboxylic acids is 1. The Morgan fingerprint density at radius 1 is 1.12 bits per heavy atom. The number of aromatic nitrogens is 2. The molecule has 0 unspecified atom stereocenters. The summed E-state index contributed by atoms with van der Waals surface area (Å²) in [5.41, 5.74) is 3.31. The molecule has 34 heavy (non-hydrogen) atoms. The summed E-state index contributed by atoms with van der Waals surface area (Å²) in [4.78, 5) is 22.2. The second-order valence-corrected chi connectivity index (χ2v) is 9.14. The smallest absolute Gasteiger partial charge is 0.257 e. The van der Waals surface area contributed by atoms with Crippen molar-refractivity contribution in [1.82, 2.24) is 19.9 Å². The molecule has 0 saturated carbocycles. The molecule has 1 fully saturated rings. The van der Waals surface area contributed by atoms with E-state index in [-0.39, 0.29) is 5.91 Å². The summed E-state index contributed by atoms with van der Waals surface area (Å²) in [5.74, 6) is 2.08. The summed E-state index contributed by atoms with van der Waals surface area (Å²) >= 11 is 1.59. The maximum Gasteiger partial charge on any atom is 0.257 e. The molecule has 1 aliphatic rings. The van der Waals surface area contributed by atoms with Crippen LogP contribution in [0.1, 0.15) is 33.1 Å². The van der Waals surface area contributed by atoms with Gasteiger partial charge in [-0.3, -0.25) is 9.69 Å². The Morgan fingerprint density at radius 3 is 2.68 bits per heavy atom. The first-order chi connectivity index (χ1) is 16.6. The topological polar surface area (TPSA) is 84.8 Å². The van der Waals surface area contributed by atoms with E-state index < -0.39 is 0 Å². The third-order valence-electron chi connectivity index (χ3n) is 6.00. The van der Waals surface area contributed by atoms with E-state index in [1.54, 1.807) is 17.6 Å². The minimum absolute atomic E-state index is 0.0113. The lowest BCUT2D eigenvalue weighted by Crippen LogP contribution is -2.48. The van der Waals surface area contributed by atoms with Crippen molar-refractivity contribution >= 4 is 17.2 Å². The quantitative estimate of drug-likeness (QED) is 0.385. The van der Waals surface area contributed by atoms with E-state index in [0.29, 0.717) is 31.0 Å². The number of ether oxygens (including phenoxy) is 1. The second-order valence-electron chi connectivity index (χ2n) is 8.28. The Kier molecular flexibility index (Phi) is 6.46. The van der Waals surface area contributed by atoms with Crippen LogP contribution in [0.15, 0.2) is 57.0 Å². The van der Waals surface area contributed by atoms with Crippen LogP contribution in [0.4, 0.5) is 0 Å². The number of furan rings is 1.